The quantitative estimate of drug-likeness (QED) is 0.599. The highest BCUT2D eigenvalue weighted by Crippen LogP contribution is 2.38. The summed E-state index contributed by atoms with van der Waals surface area (Å²) >= 11 is 0. The van der Waals surface area contributed by atoms with Gasteiger partial charge in [0.05, 0.1) is 5.41 Å². The zero-order valence-corrected chi connectivity index (χ0v) is 13.2. The topological polar surface area (TPSA) is 26.3 Å². The van der Waals surface area contributed by atoms with E-state index in [4.69, 9.17) is 8.83 Å². The Morgan fingerprint density at radius 1 is 0.850 bits per heavy atom. The van der Waals surface area contributed by atoms with Crippen LogP contribution in [0, 0.1) is 13.8 Å². The van der Waals surface area contributed by atoms with Crippen LogP contribution in [0.3, 0.4) is 0 Å². The average molecular weight is 274 g/mol. The molecule has 2 heteroatoms. The van der Waals surface area contributed by atoms with Crippen molar-refractivity contribution in [3.8, 4) is 0 Å². The van der Waals surface area contributed by atoms with Gasteiger partial charge in [0.1, 0.15) is 23.0 Å². The van der Waals surface area contributed by atoms with Crippen LogP contribution in [0.5, 0.6) is 0 Å². The van der Waals surface area contributed by atoms with E-state index in [1.165, 1.54) is 25.7 Å². The minimum atomic E-state index is -0.156. The molecule has 0 fully saturated rings. The highest BCUT2D eigenvalue weighted by Gasteiger charge is 2.34. The molecule has 0 saturated heterocycles. The summed E-state index contributed by atoms with van der Waals surface area (Å²) in [6.07, 6.45) is 6.09. The molecule has 0 unspecified atom stereocenters. The molecule has 0 radical (unpaired) electrons. The van der Waals surface area contributed by atoms with Gasteiger partial charge in [-0.15, -0.1) is 0 Å². The maximum absolute atomic E-state index is 5.91. The molecular formula is C18H26O2. The monoisotopic (exact) mass is 274 g/mol. The summed E-state index contributed by atoms with van der Waals surface area (Å²) in [5.41, 5.74) is -0.156. The van der Waals surface area contributed by atoms with Gasteiger partial charge in [-0.2, -0.15) is 0 Å². The van der Waals surface area contributed by atoms with Crippen LogP contribution in [0.25, 0.3) is 0 Å². The van der Waals surface area contributed by atoms with E-state index in [1.807, 2.05) is 26.0 Å². The lowest BCUT2D eigenvalue weighted by Crippen LogP contribution is -2.22. The number of furan rings is 2. The summed E-state index contributed by atoms with van der Waals surface area (Å²) < 4.78 is 11.8. The predicted octanol–water partition coefficient (Wildman–Crippen LogP) is 5.77. The first kappa shape index (κ1) is 15.0. The lowest BCUT2D eigenvalue weighted by Gasteiger charge is -2.25. The van der Waals surface area contributed by atoms with Crippen molar-refractivity contribution in [1.82, 2.24) is 0 Å². The molecule has 20 heavy (non-hydrogen) atoms. The maximum atomic E-state index is 5.91. The van der Waals surface area contributed by atoms with Crippen LogP contribution in [0.15, 0.2) is 33.1 Å². The number of hydrogen-bond donors (Lipinski definition) is 0. The summed E-state index contributed by atoms with van der Waals surface area (Å²) in [6.45, 7) is 8.46. The molecular weight excluding hydrogens is 248 g/mol. The molecule has 0 aliphatic rings. The van der Waals surface area contributed by atoms with E-state index in [9.17, 15) is 0 Å². The molecule has 0 aliphatic heterocycles. The molecule has 0 saturated carbocycles. The van der Waals surface area contributed by atoms with Gasteiger partial charge in [0, 0.05) is 0 Å². The second kappa shape index (κ2) is 6.34. The van der Waals surface area contributed by atoms with Crippen LogP contribution in [-0.2, 0) is 5.41 Å². The van der Waals surface area contributed by atoms with E-state index in [1.54, 1.807) is 0 Å². The van der Waals surface area contributed by atoms with Gasteiger partial charge in [0.15, 0.2) is 0 Å². The Kier molecular flexibility index (Phi) is 4.74. The van der Waals surface area contributed by atoms with Crippen LogP contribution in [0.4, 0.5) is 0 Å². The summed E-state index contributed by atoms with van der Waals surface area (Å²) in [6, 6.07) is 8.25. The first-order chi connectivity index (χ1) is 9.56. The highest BCUT2D eigenvalue weighted by atomic mass is 16.4. The van der Waals surface area contributed by atoms with Gasteiger partial charge in [0.25, 0.3) is 0 Å². The molecule has 2 aromatic heterocycles. The fourth-order valence-corrected chi connectivity index (χ4v) is 2.74. The molecule has 2 heterocycles. The lowest BCUT2D eigenvalue weighted by molar-refractivity contribution is 0.309. The van der Waals surface area contributed by atoms with E-state index >= 15 is 0 Å². The minimum Gasteiger partial charge on any atom is -0.465 e. The third kappa shape index (κ3) is 3.17. The van der Waals surface area contributed by atoms with E-state index in [0.717, 1.165) is 29.5 Å². The van der Waals surface area contributed by atoms with Crippen LogP contribution in [0.1, 0.15) is 69.0 Å². The zero-order chi connectivity index (χ0) is 14.6. The van der Waals surface area contributed by atoms with Crippen LogP contribution >= 0.6 is 0 Å². The third-order valence-electron chi connectivity index (χ3n) is 4.10. The first-order valence-electron chi connectivity index (χ1n) is 7.70. The molecule has 0 aliphatic carbocycles. The van der Waals surface area contributed by atoms with Crippen molar-refractivity contribution in [1.29, 1.82) is 0 Å². The summed E-state index contributed by atoms with van der Waals surface area (Å²) in [4.78, 5) is 0. The van der Waals surface area contributed by atoms with Crippen molar-refractivity contribution in [2.75, 3.05) is 0 Å². The molecule has 0 N–H and O–H groups in total. The maximum Gasteiger partial charge on any atom is 0.117 e. The standard InChI is InChI=1S/C18H26O2/c1-5-6-7-8-13-18(4,16-11-9-14(2)19-16)17-12-10-15(3)20-17/h9-12H,5-8,13H2,1-4H3. The molecule has 0 atom stereocenters. The fourth-order valence-electron chi connectivity index (χ4n) is 2.74. The summed E-state index contributed by atoms with van der Waals surface area (Å²) in [5.74, 6) is 3.95. The fraction of sp³-hybridized carbons (Fsp3) is 0.556. The van der Waals surface area contributed by atoms with Gasteiger partial charge in [-0.25, -0.2) is 0 Å². The predicted molar refractivity (Wildman–Crippen MR) is 82.1 cm³/mol. The number of hydrogen-bond acceptors (Lipinski definition) is 2. The van der Waals surface area contributed by atoms with Gasteiger partial charge in [-0.3, -0.25) is 0 Å². The second-order valence-electron chi connectivity index (χ2n) is 5.96. The molecule has 0 aromatic carbocycles. The lowest BCUT2D eigenvalue weighted by atomic mass is 9.80. The van der Waals surface area contributed by atoms with E-state index in [0.29, 0.717) is 0 Å². The molecule has 2 rings (SSSR count). The average Bonchev–Trinajstić information content (AvgIpc) is 3.04. The van der Waals surface area contributed by atoms with Gasteiger partial charge >= 0.3 is 0 Å². The van der Waals surface area contributed by atoms with Gasteiger partial charge in [0.2, 0.25) is 0 Å². The SMILES string of the molecule is CCCCCCC(C)(c1ccc(C)o1)c1ccc(C)o1. The number of rotatable bonds is 7. The highest BCUT2D eigenvalue weighted by molar-refractivity contribution is 5.28. The van der Waals surface area contributed by atoms with Gasteiger partial charge in [-0.1, -0.05) is 32.6 Å². The Hall–Kier alpha value is -1.44. The Bertz CT molecular complexity index is 493. The smallest absolute Gasteiger partial charge is 0.117 e. The van der Waals surface area contributed by atoms with Crippen molar-refractivity contribution >= 4 is 0 Å². The molecule has 2 aromatic rings. The second-order valence-corrected chi connectivity index (χ2v) is 5.96. The Balaban J connectivity index is 2.23. The Morgan fingerprint density at radius 3 is 1.80 bits per heavy atom. The minimum absolute atomic E-state index is 0.156. The Labute approximate surface area is 122 Å². The van der Waals surface area contributed by atoms with E-state index in [2.05, 4.69) is 26.0 Å². The normalized spacial score (nSPS) is 12.0. The number of unbranched alkanes of at least 4 members (excludes halogenated alkanes) is 3. The Morgan fingerprint density at radius 2 is 1.40 bits per heavy atom. The van der Waals surface area contributed by atoms with E-state index in [-0.39, 0.29) is 5.41 Å². The largest absolute Gasteiger partial charge is 0.465 e. The summed E-state index contributed by atoms with van der Waals surface area (Å²) in [5, 5.41) is 0. The number of aryl methyl sites for hydroxylation is 2. The van der Waals surface area contributed by atoms with Crippen LogP contribution in [-0.4, -0.2) is 0 Å². The van der Waals surface area contributed by atoms with Crippen molar-refractivity contribution in [2.45, 2.75) is 65.2 Å². The van der Waals surface area contributed by atoms with Crippen molar-refractivity contribution in [3.63, 3.8) is 0 Å². The molecule has 110 valence electrons. The van der Waals surface area contributed by atoms with Gasteiger partial charge < -0.3 is 8.83 Å². The molecule has 0 spiro atoms. The first-order valence-corrected chi connectivity index (χ1v) is 7.70. The molecule has 2 nitrogen and oxygen atoms in total. The molecule has 0 bridgehead atoms. The zero-order valence-electron chi connectivity index (χ0n) is 13.2. The van der Waals surface area contributed by atoms with Crippen molar-refractivity contribution in [3.05, 3.63) is 47.3 Å². The third-order valence-corrected chi connectivity index (χ3v) is 4.10. The van der Waals surface area contributed by atoms with Crippen molar-refractivity contribution < 1.29 is 8.83 Å². The molecule has 0 amide bonds. The van der Waals surface area contributed by atoms with Crippen LogP contribution in [0.2, 0.25) is 0 Å². The van der Waals surface area contributed by atoms with Crippen molar-refractivity contribution in [2.24, 2.45) is 0 Å². The van der Waals surface area contributed by atoms with Crippen LogP contribution < -0.4 is 0 Å². The van der Waals surface area contributed by atoms with Gasteiger partial charge in [-0.05, 0) is 51.5 Å². The van der Waals surface area contributed by atoms with E-state index < -0.39 is 0 Å². The summed E-state index contributed by atoms with van der Waals surface area (Å²) in [7, 11) is 0.